The van der Waals surface area contributed by atoms with Gasteiger partial charge in [0, 0.05) is 31.4 Å². The van der Waals surface area contributed by atoms with Crippen LogP contribution in [0, 0.1) is 11.3 Å². The quantitative estimate of drug-likeness (QED) is 0.464. The highest BCUT2D eigenvalue weighted by molar-refractivity contribution is 5.61. The second-order valence-electron chi connectivity index (χ2n) is 7.02. The van der Waals surface area contributed by atoms with E-state index in [0.29, 0.717) is 11.3 Å². The van der Waals surface area contributed by atoms with Crippen LogP contribution in [-0.2, 0) is 12.1 Å². The first-order valence-corrected chi connectivity index (χ1v) is 8.65. The number of benzene rings is 2. The Morgan fingerprint density at radius 3 is 2.20 bits per heavy atom. The van der Waals surface area contributed by atoms with Crippen LogP contribution in [-0.4, -0.2) is 34.5 Å². The number of aliphatic hydroxyl groups is 4. The van der Waals surface area contributed by atoms with E-state index < -0.39 is 29.1 Å². The Kier molecular flexibility index (Phi) is 5.17. The Balaban J connectivity index is 2.25. The van der Waals surface area contributed by atoms with Crippen molar-refractivity contribution in [2.24, 2.45) is 5.73 Å². The Hall–Kier alpha value is -3.23. The molecule has 1 aliphatic rings. The number of nitrogens with two attached hydrogens (primary N) is 1. The molecule has 3 rings (SSSR count). The lowest BCUT2D eigenvalue weighted by atomic mass is 9.82. The Labute approximate surface area is 170 Å². The van der Waals surface area contributed by atoms with Gasteiger partial charge in [0.15, 0.2) is 0 Å². The van der Waals surface area contributed by atoms with Crippen LogP contribution in [0.15, 0.2) is 47.9 Å². The first-order chi connectivity index (χ1) is 13.8. The number of rotatable bonds is 4. The average molecular weight is 419 g/mol. The monoisotopic (exact) mass is 419 g/mol. The van der Waals surface area contributed by atoms with E-state index in [1.54, 1.807) is 18.2 Å². The standard InChI is InChI=1S/C20H19F2N3O5/c1-25(2)11-4-5-12-16(8-11)30-18(24)13(9-23)17(12)10-3-6-14(19(21,26)27)15(7-10)20(22,28)29/h3-8,17,26-29H,24H2,1-2H3. The summed E-state index contributed by atoms with van der Waals surface area (Å²) in [5.41, 5.74) is 4.95. The Morgan fingerprint density at radius 1 is 1.03 bits per heavy atom. The van der Waals surface area contributed by atoms with Gasteiger partial charge in [0.05, 0.1) is 17.0 Å². The third-order valence-electron chi connectivity index (χ3n) is 4.78. The number of fused-ring (bicyclic) bond motifs is 1. The minimum atomic E-state index is -4.08. The largest absolute Gasteiger partial charge is 0.440 e. The number of nitrogens with zero attached hydrogens (tertiary/aromatic N) is 2. The second-order valence-corrected chi connectivity index (χ2v) is 7.02. The normalized spacial score (nSPS) is 16.6. The molecule has 30 heavy (non-hydrogen) atoms. The zero-order valence-electron chi connectivity index (χ0n) is 16.0. The van der Waals surface area contributed by atoms with Crippen molar-refractivity contribution in [3.05, 3.63) is 70.1 Å². The molecule has 1 aliphatic heterocycles. The van der Waals surface area contributed by atoms with Crippen molar-refractivity contribution in [2.75, 3.05) is 19.0 Å². The minimum absolute atomic E-state index is 0.0429. The summed E-state index contributed by atoms with van der Waals surface area (Å²) in [5.74, 6) is -0.811. The SMILES string of the molecule is CN(C)c1ccc2c(c1)OC(N)=C(C#N)C2c1ccc(C(O)(O)F)c(C(O)(O)F)c1. The van der Waals surface area contributed by atoms with Crippen molar-refractivity contribution in [3.8, 4) is 11.8 Å². The number of hydrogen-bond acceptors (Lipinski definition) is 8. The van der Waals surface area contributed by atoms with Gasteiger partial charge in [-0.15, -0.1) is 0 Å². The predicted octanol–water partition coefficient (Wildman–Crippen LogP) is 1.10. The van der Waals surface area contributed by atoms with Gasteiger partial charge in [-0.05, 0) is 23.8 Å². The molecule has 0 fully saturated rings. The zero-order valence-corrected chi connectivity index (χ0v) is 16.0. The molecule has 0 aliphatic carbocycles. The van der Waals surface area contributed by atoms with Gasteiger partial charge >= 0.3 is 12.1 Å². The van der Waals surface area contributed by atoms with Crippen LogP contribution < -0.4 is 15.4 Å². The number of anilines is 1. The van der Waals surface area contributed by atoms with Gasteiger partial charge in [0.1, 0.15) is 17.4 Å². The van der Waals surface area contributed by atoms with E-state index in [9.17, 15) is 34.5 Å². The molecular formula is C20H19F2N3O5. The Bertz CT molecular complexity index is 1070. The first kappa shape index (κ1) is 21.5. The third-order valence-corrected chi connectivity index (χ3v) is 4.78. The van der Waals surface area contributed by atoms with Crippen molar-refractivity contribution in [2.45, 2.75) is 18.0 Å². The number of halogens is 2. The van der Waals surface area contributed by atoms with Crippen LogP contribution in [0.2, 0.25) is 0 Å². The molecule has 2 aromatic carbocycles. The highest BCUT2D eigenvalue weighted by atomic mass is 19.2. The van der Waals surface area contributed by atoms with Crippen LogP contribution in [0.4, 0.5) is 14.5 Å². The molecular weight excluding hydrogens is 400 g/mol. The highest BCUT2D eigenvalue weighted by Crippen LogP contribution is 2.44. The molecule has 6 N–H and O–H groups in total. The van der Waals surface area contributed by atoms with Gasteiger partial charge in [-0.2, -0.15) is 14.0 Å². The van der Waals surface area contributed by atoms with Crippen molar-refractivity contribution in [1.29, 1.82) is 5.26 Å². The van der Waals surface area contributed by atoms with Crippen LogP contribution in [0.5, 0.6) is 5.75 Å². The van der Waals surface area contributed by atoms with E-state index >= 15 is 0 Å². The molecule has 0 spiro atoms. The number of allylic oxidation sites excluding steroid dienone is 1. The van der Waals surface area contributed by atoms with E-state index in [1.165, 1.54) is 6.07 Å². The van der Waals surface area contributed by atoms with Gasteiger partial charge in [-0.1, -0.05) is 12.1 Å². The molecule has 0 saturated carbocycles. The topological polar surface area (TPSA) is 143 Å². The highest BCUT2D eigenvalue weighted by Gasteiger charge is 2.39. The van der Waals surface area contributed by atoms with Crippen molar-refractivity contribution >= 4 is 5.69 Å². The lowest BCUT2D eigenvalue weighted by Crippen LogP contribution is -2.28. The molecule has 10 heteroatoms. The Morgan fingerprint density at radius 2 is 1.67 bits per heavy atom. The number of nitriles is 1. The summed E-state index contributed by atoms with van der Waals surface area (Å²) in [4.78, 5) is 1.81. The van der Waals surface area contributed by atoms with Crippen molar-refractivity contribution in [1.82, 2.24) is 0 Å². The van der Waals surface area contributed by atoms with Gasteiger partial charge in [0.2, 0.25) is 5.88 Å². The average Bonchev–Trinajstić information content (AvgIpc) is 2.64. The molecule has 0 saturated heterocycles. The maximum atomic E-state index is 13.9. The zero-order chi connectivity index (χ0) is 22.4. The van der Waals surface area contributed by atoms with E-state index in [4.69, 9.17) is 10.5 Å². The molecule has 2 aromatic rings. The number of ether oxygens (including phenoxy) is 1. The summed E-state index contributed by atoms with van der Waals surface area (Å²) in [7, 11) is 3.62. The first-order valence-electron chi connectivity index (χ1n) is 8.65. The van der Waals surface area contributed by atoms with Crippen LogP contribution in [0.1, 0.15) is 28.2 Å². The molecule has 158 valence electrons. The summed E-state index contributed by atoms with van der Waals surface area (Å²) in [6.07, 6.45) is 0. The van der Waals surface area contributed by atoms with E-state index in [1.807, 2.05) is 25.1 Å². The summed E-state index contributed by atoms with van der Waals surface area (Å²) >= 11 is 0. The molecule has 1 atom stereocenters. The predicted molar refractivity (Wildman–Crippen MR) is 101 cm³/mol. The molecule has 0 aromatic heterocycles. The van der Waals surface area contributed by atoms with Gasteiger partial charge in [-0.25, -0.2) is 0 Å². The van der Waals surface area contributed by atoms with Gasteiger partial charge in [0.25, 0.3) is 0 Å². The van der Waals surface area contributed by atoms with E-state index in [2.05, 4.69) is 0 Å². The molecule has 0 bridgehead atoms. The van der Waals surface area contributed by atoms with E-state index in [0.717, 1.165) is 17.8 Å². The molecule has 0 amide bonds. The molecule has 8 nitrogen and oxygen atoms in total. The minimum Gasteiger partial charge on any atom is -0.440 e. The second kappa shape index (κ2) is 7.23. The van der Waals surface area contributed by atoms with Crippen molar-refractivity contribution in [3.63, 3.8) is 0 Å². The fourth-order valence-corrected chi connectivity index (χ4v) is 3.35. The summed E-state index contributed by atoms with van der Waals surface area (Å²) in [6, 6.07) is 1.66. The van der Waals surface area contributed by atoms with Gasteiger partial charge in [-0.3, -0.25) is 0 Å². The molecule has 0 radical (unpaired) electrons. The maximum absolute atomic E-state index is 13.9. The van der Waals surface area contributed by atoms with E-state index in [-0.39, 0.29) is 17.0 Å². The molecule has 1 unspecified atom stereocenters. The van der Waals surface area contributed by atoms with Crippen molar-refractivity contribution < 1.29 is 33.9 Å². The number of hydrogen-bond donors (Lipinski definition) is 5. The fourth-order valence-electron chi connectivity index (χ4n) is 3.35. The maximum Gasteiger partial charge on any atom is 0.344 e. The lowest BCUT2D eigenvalue weighted by Gasteiger charge is -2.29. The fraction of sp³-hybridized carbons (Fsp3) is 0.250. The smallest absolute Gasteiger partial charge is 0.344 e. The van der Waals surface area contributed by atoms with Crippen LogP contribution in [0.25, 0.3) is 0 Å². The lowest BCUT2D eigenvalue weighted by molar-refractivity contribution is -0.290. The van der Waals surface area contributed by atoms with Crippen LogP contribution in [0.3, 0.4) is 0 Å². The van der Waals surface area contributed by atoms with Crippen LogP contribution >= 0.6 is 0 Å². The number of alkyl halides is 2. The summed E-state index contributed by atoms with van der Waals surface area (Å²) in [6.45, 7) is 0. The molecule has 1 heterocycles. The van der Waals surface area contributed by atoms with Gasteiger partial charge < -0.3 is 35.8 Å². The summed E-state index contributed by atoms with van der Waals surface area (Å²) < 4.78 is 33.2. The third kappa shape index (κ3) is 3.79. The summed E-state index contributed by atoms with van der Waals surface area (Å²) in [5, 5.41) is 46.8.